The summed E-state index contributed by atoms with van der Waals surface area (Å²) >= 11 is 0. The van der Waals surface area contributed by atoms with Crippen molar-refractivity contribution in [3.05, 3.63) is 53.6 Å². The number of hydrogen-bond donors (Lipinski definition) is 2. The standard InChI is InChI=1S/C22H24FN7O/c1-13-19(15-4-6-18(24)26-12-15)20(28-22(25)27-13)14-3-5-16(17(23)11-14)21(31)30-9-7-29(2)8-10-30/h3-6,11-12H,7-10H2,1-2H3,(H2,24,26)(H2,25,27,28). The highest BCUT2D eigenvalue weighted by molar-refractivity contribution is 5.95. The molecule has 31 heavy (non-hydrogen) atoms. The third kappa shape index (κ3) is 4.17. The van der Waals surface area contributed by atoms with Crippen molar-refractivity contribution < 1.29 is 9.18 Å². The number of halogens is 1. The lowest BCUT2D eigenvalue weighted by atomic mass is 9.98. The second-order valence-electron chi connectivity index (χ2n) is 7.65. The van der Waals surface area contributed by atoms with E-state index in [1.54, 1.807) is 36.2 Å². The molecule has 0 atom stereocenters. The number of carbonyl (C=O) groups is 1. The van der Waals surface area contributed by atoms with Crippen LogP contribution in [0.15, 0.2) is 36.5 Å². The SMILES string of the molecule is Cc1nc(N)nc(-c2ccc(C(=O)N3CCN(C)CC3)c(F)c2)c1-c1ccc(N)nc1. The summed E-state index contributed by atoms with van der Waals surface area (Å²) in [6, 6.07) is 7.98. The summed E-state index contributed by atoms with van der Waals surface area (Å²) in [5, 5.41) is 0. The molecule has 0 aliphatic carbocycles. The van der Waals surface area contributed by atoms with Crippen LogP contribution in [0, 0.1) is 12.7 Å². The largest absolute Gasteiger partial charge is 0.384 e. The number of hydrogen-bond acceptors (Lipinski definition) is 7. The first kappa shape index (κ1) is 20.7. The van der Waals surface area contributed by atoms with Gasteiger partial charge in [0.25, 0.3) is 5.91 Å². The van der Waals surface area contributed by atoms with Gasteiger partial charge in [-0.2, -0.15) is 0 Å². The van der Waals surface area contributed by atoms with Crippen molar-refractivity contribution in [3.63, 3.8) is 0 Å². The van der Waals surface area contributed by atoms with Gasteiger partial charge in [0.15, 0.2) is 0 Å². The van der Waals surface area contributed by atoms with E-state index in [2.05, 4.69) is 19.9 Å². The van der Waals surface area contributed by atoms with E-state index in [-0.39, 0.29) is 17.4 Å². The quantitative estimate of drug-likeness (QED) is 0.666. The van der Waals surface area contributed by atoms with Crippen molar-refractivity contribution in [2.75, 3.05) is 44.7 Å². The molecule has 9 heteroatoms. The fourth-order valence-corrected chi connectivity index (χ4v) is 3.72. The molecule has 0 saturated carbocycles. The van der Waals surface area contributed by atoms with E-state index in [1.807, 2.05) is 7.05 Å². The van der Waals surface area contributed by atoms with E-state index in [0.717, 1.165) is 18.7 Å². The smallest absolute Gasteiger partial charge is 0.256 e. The molecule has 0 bridgehead atoms. The van der Waals surface area contributed by atoms with E-state index in [4.69, 9.17) is 11.5 Å². The number of nitrogens with two attached hydrogens (primary N) is 2. The van der Waals surface area contributed by atoms with Gasteiger partial charge < -0.3 is 21.3 Å². The Labute approximate surface area is 179 Å². The number of amides is 1. The zero-order valence-electron chi connectivity index (χ0n) is 17.5. The number of nitrogen functional groups attached to an aromatic ring is 2. The lowest BCUT2D eigenvalue weighted by Crippen LogP contribution is -2.47. The summed E-state index contributed by atoms with van der Waals surface area (Å²) in [5.41, 5.74) is 14.6. The molecule has 8 nitrogen and oxygen atoms in total. The molecular weight excluding hydrogens is 397 g/mol. The van der Waals surface area contributed by atoms with Crippen LogP contribution in [-0.2, 0) is 0 Å². The van der Waals surface area contributed by atoms with Crippen molar-refractivity contribution in [1.82, 2.24) is 24.8 Å². The van der Waals surface area contributed by atoms with Crippen LogP contribution < -0.4 is 11.5 Å². The normalized spacial score (nSPS) is 14.6. The number of likely N-dealkylation sites (N-methyl/N-ethyl adjacent to an activating group) is 1. The number of benzene rings is 1. The third-order valence-electron chi connectivity index (χ3n) is 5.45. The number of pyridine rings is 1. The van der Waals surface area contributed by atoms with Crippen LogP contribution in [0.3, 0.4) is 0 Å². The second kappa shape index (κ2) is 8.27. The molecule has 0 radical (unpaired) electrons. The van der Waals surface area contributed by atoms with Crippen molar-refractivity contribution >= 4 is 17.7 Å². The first-order valence-electron chi connectivity index (χ1n) is 9.97. The minimum atomic E-state index is -0.599. The third-order valence-corrected chi connectivity index (χ3v) is 5.45. The zero-order chi connectivity index (χ0) is 22.1. The van der Waals surface area contributed by atoms with E-state index >= 15 is 4.39 Å². The first-order chi connectivity index (χ1) is 14.8. The first-order valence-corrected chi connectivity index (χ1v) is 9.97. The monoisotopic (exact) mass is 421 g/mol. The maximum atomic E-state index is 15.0. The maximum absolute atomic E-state index is 15.0. The molecule has 1 amide bonds. The van der Waals surface area contributed by atoms with Gasteiger partial charge in [-0.15, -0.1) is 0 Å². The minimum absolute atomic E-state index is 0.0442. The molecule has 1 aliphatic rings. The van der Waals surface area contributed by atoms with Crippen molar-refractivity contribution in [1.29, 1.82) is 0 Å². The molecular formula is C22H24FN7O. The predicted molar refractivity (Wildman–Crippen MR) is 118 cm³/mol. The average molecular weight is 421 g/mol. The second-order valence-corrected chi connectivity index (χ2v) is 7.65. The summed E-state index contributed by atoms with van der Waals surface area (Å²) < 4.78 is 15.0. The van der Waals surface area contributed by atoms with E-state index in [9.17, 15) is 4.79 Å². The Morgan fingerprint density at radius 3 is 2.39 bits per heavy atom. The summed E-state index contributed by atoms with van der Waals surface area (Å²) in [5.74, 6) is -0.439. The maximum Gasteiger partial charge on any atom is 0.256 e. The molecule has 4 rings (SSSR count). The molecule has 4 N–H and O–H groups in total. The number of rotatable bonds is 3. The van der Waals surface area contributed by atoms with Crippen LogP contribution in [0.5, 0.6) is 0 Å². The molecule has 3 aromatic rings. The van der Waals surface area contributed by atoms with E-state index < -0.39 is 5.82 Å². The molecule has 1 aliphatic heterocycles. The Morgan fingerprint density at radius 2 is 1.74 bits per heavy atom. The highest BCUT2D eigenvalue weighted by Crippen LogP contribution is 2.34. The van der Waals surface area contributed by atoms with Gasteiger partial charge in [-0.3, -0.25) is 4.79 Å². The van der Waals surface area contributed by atoms with Crippen LogP contribution in [0.2, 0.25) is 0 Å². The number of piperazine rings is 1. The molecule has 160 valence electrons. The van der Waals surface area contributed by atoms with Crippen LogP contribution in [-0.4, -0.2) is 63.9 Å². The average Bonchev–Trinajstić information content (AvgIpc) is 2.74. The number of nitrogens with zero attached hydrogens (tertiary/aromatic N) is 5. The summed E-state index contributed by atoms with van der Waals surface area (Å²) in [4.78, 5) is 29.3. The lowest BCUT2D eigenvalue weighted by Gasteiger charge is -2.32. The fraction of sp³-hybridized carbons (Fsp3) is 0.273. The van der Waals surface area contributed by atoms with Crippen LogP contribution >= 0.6 is 0 Å². The Kier molecular flexibility index (Phi) is 5.51. The molecule has 1 aromatic carbocycles. The topological polar surface area (TPSA) is 114 Å². The van der Waals surface area contributed by atoms with Gasteiger partial charge in [0.2, 0.25) is 5.95 Å². The molecule has 0 unspecified atom stereocenters. The Hall–Kier alpha value is -3.59. The van der Waals surface area contributed by atoms with Gasteiger partial charge in [0, 0.05) is 49.1 Å². The van der Waals surface area contributed by atoms with Gasteiger partial charge in [-0.25, -0.2) is 19.3 Å². The highest BCUT2D eigenvalue weighted by Gasteiger charge is 2.24. The summed E-state index contributed by atoms with van der Waals surface area (Å²) in [6.07, 6.45) is 1.61. The van der Waals surface area contributed by atoms with Crippen LogP contribution in [0.4, 0.5) is 16.2 Å². The molecule has 2 aromatic heterocycles. The van der Waals surface area contributed by atoms with Crippen LogP contribution in [0.1, 0.15) is 16.1 Å². The lowest BCUT2D eigenvalue weighted by molar-refractivity contribution is 0.0659. The van der Waals surface area contributed by atoms with Gasteiger partial charge in [-0.1, -0.05) is 6.07 Å². The number of carbonyl (C=O) groups excluding carboxylic acids is 1. The number of aromatic nitrogens is 3. The molecule has 1 saturated heterocycles. The van der Waals surface area contributed by atoms with Crippen molar-refractivity contribution in [3.8, 4) is 22.4 Å². The minimum Gasteiger partial charge on any atom is -0.384 e. The Balaban J connectivity index is 1.73. The van der Waals surface area contributed by atoms with Crippen LogP contribution in [0.25, 0.3) is 22.4 Å². The fourth-order valence-electron chi connectivity index (χ4n) is 3.72. The Morgan fingerprint density at radius 1 is 1.03 bits per heavy atom. The predicted octanol–water partition coefficient (Wildman–Crippen LogP) is 2.21. The summed E-state index contributed by atoms with van der Waals surface area (Å²) in [7, 11) is 2.00. The Bertz CT molecular complexity index is 1130. The number of anilines is 2. The van der Waals surface area contributed by atoms with Gasteiger partial charge >= 0.3 is 0 Å². The van der Waals surface area contributed by atoms with Crippen molar-refractivity contribution in [2.24, 2.45) is 0 Å². The van der Waals surface area contributed by atoms with E-state index in [0.29, 0.717) is 41.4 Å². The van der Waals surface area contributed by atoms with Gasteiger partial charge in [0.05, 0.1) is 17.0 Å². The number of aryl methyl sites for hydroxylation is 1. The molecule has 3 heterocycles. The molecule has 1 fully saturated rings. The zero-order valence-corrected chi connectivity index (χ0v) is 17.5. The van der Waals surface area contributed by atoms with Gasteiger partial charge in [-0.05, 0) is 38.2 Å². The van der Waals surface area contributed by atoms with E-state index in [1.165, 1.54) is 12.1 Å². The molecule has 0 spiro atoms. The van der Waals surface area contributed by atoms with Crippen molar-refractivity contribution in [2.45, 2.75) is 6.92 Å². The summed E-state index contributed by atoms with van der Waals surface area (Å²) in [6.45, 7) is 4.49. The highest BCUT2D eigenvalue weighted by atomic mass is 19.1. The van der Waals surface area contributed by atoms with Gasteiger partial charge in [0.1, 0.15) is 11.6 Å².